The summed E-state index contributed by atoms with van der Waals surface area (Å²) in [4.78, 5) is 19.0. The van der Waals surface area contributed by atoms with E-state index in [-0.39, 0.29) is 12.5 Å². The Hall–Kier alpha value is -2.40. The van der Waals surface area contributed by atoms with Crippen LogP contribution in [-0.4, -0.2) is 66.7 Å². The molecule has 2 aliphatic carbocycles. The average molecular weight is 485 g/mol. The van der Waals surface area contributed by atoms with Gasteiger partial charge in [0.1, 0.15) is 22.4 Å². The van der Waals surface area contributed by atoms with Crippen LogP contribution < -0.4 is 10.6 Å². The van der Waals surface area contributed by atoms with Gasteiger partial charge in [0.2, 0.25) is 5.95 Å². The molecule has 3 aromatic rings. The Morgan fingerprint density at radius 1 is 1.18 bits per heavy atom. The highest BCUT2D eigenvalue weighted by Gasteiger charge is 2.42. The monoisotopic (exact) mass is 484 g/mol. The number of nitrogens with one attached hydrogen (secondary N) is 2. The lowest BCUT2D eigenvalue weighted by Crippen LogP contribution is -2.38. The highest BCUT2D eigenvalue weighted by Crippen LogP contribution is 2.44. The maximum absolute atomic E-state index is 10.6. The highest BCUT2D eigenvalue weighted by molar-refractivity contribution is 7.21. The number of fused-ring (bicyclic) bond motifs is 1. The van der Waals surface area contributed by atoms with Crippen molar-refractivity contribution in [2.24, 2.45) is 11.8 Å². The molecule has 9 nitrogen and oxygen atoms in total. The number of nitrogens with zero attached hydrogens (tertiary/aromatic N) is 4. The molecule has 3 aromatic heterocycles. The van der Waals surface area contributed by atoms with E-state index in [4.69, 9.17) is 15.0 Å². The summed E-state index contributed by atoms with van der Waals surface area (Å²) in [6, 6.07) is 1.45. The molecule has 0 spiro atoms. The van der Waals surface area contributed by atoms with Crippen molar-refractivity contribution in [3.63, 3.8) is 0 Å². The SMILES string of the molecule is Cc1nc(NCC(C)C)nc(N[C@@H]2[C@H](CO)C[C@@H](O)[C@H]2O)c1-c1nc2c(C3CC3)nccc2s1. The van der Waals surface area contributed by atoms with Crippen molar-refractivity contribution < 1.29 is 15.3 Å². The van der Waals surface area contributed by atoms with E-state index in [2.05, 4.69) is 29.5 Å². The molecule has 0 saturated heterocycles. The molecule has 0 unspecified atom stereocenters. The van der Waals surface area contributed by atoms with Gasteiger partial charge in [-0.3, -0.25) is 4.98 Å². The first kappa shape index (κ1) is 23.3. The van der Waals surface area contributed by atoms with Crippen LogP contribution in [0.1, 0.15) is 50.4 Å². The van der Waals surface area contributed by atoms with Crippen LogP contribution in [0.5, 0.6) is 0 Å². The van der Waals surface area contributed by atoms with Crippen molar-refractivity contribution in [3.05, 3.63) is 23.7 Å². The van der Waals surface area contributed by atoms with Crippen LogP contribution in [-0.2, 0) is 0 Å². The van der Waals surface area contributed by atoms with Crippen molar-refractivity contribution in [3.8, 4) is 10.6 Å². The van der Waals surface area contributed by atoms with Gasteiger partial charge in [0.05, 0.1) is 33.8 Å². The number of thiazole rings is 1. The van der Waals surface area contributed by atoms with Gasteiger partial charge >= 0.3 is 0 Å². The van der Waals surface area contributed by atoms with E-state index in [1.165, 1.54) is 0 Å². The van der Waals surface area contributed by atoms with Crippen molar-refractivity contribution >= 4 is 33.3 Å². The summed E-state index contributed by atoms with van der Waals surface area (Å²) in [5.74, 6) is 1.64. The normalized spacial score (nSPS) is 24.8. The molecule has 34 heavy (non-hydrogen) atoms. The molecule has 0 aromatic carbocycles. The second kappa shape index (κ2) is 9.33. The van der Waals surface area contributed by atoms with Gasteiger partial charge < -0.3 is 26.0 Å². The summed E-state index contributed by atoms with van der Waals surface area (Å²) in [7, 11) is 0. The molecule has 0 amide bonds. The molecule has 10 heteroatoms. The van der Waals surface area contributed by atoms with E-state index in [9.17, 15) is 15.3 Å². The smallest absolute Gasteiger partial charge is 0.224 e. The zero-order chi connectivity index (χ0) is 24.0. The molecule has 4 atom stereocenters. The summed E-state index contributed by atoms with van der Waals surface area (Å²) in [5.41, 5.74) is 3.51. The third kappa shape index (κ3) is 4.47. The van der Waals surface area contributed by atoms with Crippen LogP contribution >= 0.6 is 11.3 Å². The van der Waals surface area contributed by atoms with Crippen LogP contribution in [0.25, 0.3) is 20.8 Å². The average Bonchev–Trinajstić information content (AvgIpc) is 3.50. The van der Waals surface area contributed by atoms with E-state index in [1.807, 2.05) is 19.2 Å². The highest BCUT2D eigenvalue weighted by atomic mass is 32.1. The molecule has 182 valence electrons. The Morgan fingerprint density at radius 2 is 1.97 bits per heavy atom. The predicted molar refractivity (Wildman–Crippen MR) is 133 cm³/mol. The Bertz CT molecular complexity index is 1180. The minimum Gasteiger partial charge on any atom is -0.396 e. The number of aromatic nitrogens is 4. The summed E-state index contributed by atoms with van der Waals surface area (Å²) in [6.45, 7) is 6.74. The third-order valence-electron chi connectivity index (χ3n) is 6.62. The summed E-state index contributed by atoms with van der Waals surface area (Å²) < 4.78 is 1.07. The lowest BCUT2D eigenvalue weighted by Gasteiger charge is -2.24. The zero-order valence-electron chi connectivity index (χ0n) is 19.7. The first-order chi connectivity index (χ1) is 16.4. The number of hydrogen-bond donors (Lipinski definition) is 5. The summed E-state index contributed by atoms with van der Waals surface area (Å²) in [5, 5.41) is 38.1. The van der Waals surface area contributed by atoms with Crippen LogP contribution in [0.15, 0.2) is 12.3 Å². The van der Waals surface area contributed by atoms with Gasteiger partial charge in [0.15, 0.2) is 0 Å². The topological polar surface area (TPSA) is 136 Å². The Balaban J connectivity index is 1.58. The Labute approximate surface area is 202 Å². The number of hydrogen-bond acceptors (Lipinski definition) is 10. The molecule has 5 N–H and O–H groups in total. The van der Waals surface area contributed by atoms with Gasteiger partial charge in [0, 0.05) is 31.2 Å². The molecule has 0 aliphatic heterocycles. The van der Waals surface area contributed by atoms with Crippen molar-refractivity contribution in [1.29, 1.82) is 0 Å². The van der Waals surface area contributed by atoms with Gasteiger partial charge in [0.25, 0.3) is 0 Å². The quantitative estimate of drug-likeness (QED) is 0.327. The maximum Gasteiger partial charge on any atom is 0.224 e. The second-order valence-corrected chi connectivity index (χ2v) is 10.9. The molecule has 2 saturated carbocycles. The van der Waals surface area contributed by atoms with Gasteiger partial charge in [-0.05, 0) is 38.2 Å². The van der Waals surface area contributed by atoms with Crippen LogP contribution in [0.4, 0.5) is 11.8 Å². The molecule has 0 bridgehead atoms. The lowest BCUT2D eigenvalue weighted by atomic mass is 10.0. The van der Waals surface area contributed by atoms with Crippen molar-refractivity contribution in [2.75, 3.05) is 23.8 Å². The largest absolute Gasteiger partial charge is 0.396 e. The first-order valence-corrected chi connectivity index (χ1v) is 12.8. The minimum atomic E-state index is -1.01. The number of rotatable bonds is 8. The van der Waals surface area contributed by atoms with E-state index in [0.29, 0.717) is 30.0 Å². The van der Waals surface area contributed by atoms with Crippen LogP contribution in [0.3, 0.4) is 0 Å². The number of aliphatic hydroxyl groups excluding tert-OH is 3. The Kier molecular flexibility index (Phi) is 6.41. The van der Waals surface area contributed by atoms with Crippen LogP contribution in [0.2, 0.25) is 0 Å². The van der Waals surface area contributed by atoms with E-state index >= 15 is 0 Å². The van der Waals surface area contributed by atoms with Gasteiger partial charge in [-0.15, -0.1) is 11.3 Å². The molecule has 0 radical (unpaired) electrons. The zero-order valence-corrected chi connectivity index (χ0v) is 20.5. The molecule has 2 fully saturated rings. The maximum atomic E-state index is 10.6. The fourth-order valence-electron chi connectivity index (χ4n) is 4.61. The predicted octanol–water partition coefficient (Wildman–Crippen LogP) is 2.92. The van der Waals surface area contributed by atoms with E-state index in [0.717, 1.165) is 51.6 Å². The fraction of sp³-hybridized carbons (Fsp3) is 0.583. The minimum absolute atomic E-state index is 0.138. The summed E-state index contributed by atoms with van der Waals surface area (Å²) in [6.07, 6.45) is 2.57. The van der Waals surface area contributed by atoms with Crippen LogP contribution in [0, 0.1) is 18.8 Å². The number of anilines is 2. The first-order valence-electron chi connectivity index (χ1n) is 12.0. The third-order valence-corrected chi connectivity index (χ3v) is 7.66. The second-order valence-electron chi connectivity index (χ2n) is 9.87. The van der Waals surface area contributed by atoms with E-state index in [1.54, 1.807) is 11.3 Å². The molecular weight excluding hydrogens is 452 g/mol. The number of aliphatic hydroxyl groups is 3. The molecule has 3 heterocycles. The van der Waals surface area contributed by atoms with Gasteiger partial charge in [-0.2, -0.15) is 4.98 Å². The summed E-state index contributed by atoms with van der Waals surface area (Å²) >= 11 is 1.58. The number of pyridine rings is 1. The Morgan fingerprint density at radius 3 is 2.68 bits per heavy atom. The molecular formula is C24H32N6O3S. The lowest BCUT2D eigenvalue weighted by molar-refractivity contribution is 0.0390. The molecule has 2 aliphatic rings. The van der Waals surface area contributed by atoms with E-state index < -0.39 is 18.2 Å². The van der Waals surface area contributed by atoms with Crippen molar-refractivity contribution in [2.45, 2.75) is 64.2 Å². The fourth-order valence-corrected chi connectivity index (χ4v) is 5.68. The standard InChI is InChI=1S/C24H32N6O3S/c1-11(2)9-26-24-27-12(3)17(22(30-24)28-19-14(10-31)8-15(32)21(19)33)23-29-20-16(34-23)6-7-25-18(20)13-4-5-13/h6-7,11,13-15,19,21,31-33H,4-5,8-10H2,1-3H3,(H2,26,27,28,30)/t14-,15+,19+,21+/m0/s1. The molecule has 5 rings (SSSR count). The van der Waals surface area contributed by atoms with Gasteiger partial charge in [-0.25, -0.2) is 9.97 Å². The van der Waals surface area contributed by atoms with Gasteiger partial charge in [-0.1, -0.05) is 13.8 Å². The number of aryl methyl sites for hydroxylation is 1. The van der Waals surface area contributed by atoms with Crippen molar-refractivity contribution in [1.82, 2.24) is 19.9 Å².